The Balaban J connectivity index is 1.87. The Bertz CT molecular complexity index is 602. The maximum Gasteiger partial charge on any atom is 0.317 e. The van der Waals surface area contributed by atoms with Crippen molar-refractivity contribution in [2.24, 2.45) is 0 Å². The first kappa shape index (κ1) is 19.1. The number of hydrogen-bond donors (Lipinski definition) is 1. The number of rotatable bonds is 4. The number of amides is 3. The zero-order valence-electron chi connectivity index (χ0n) is 15.7. The largest absolute Gasteiger partial charge is 0.483 e. The summed E-state index contributed by atoms with van der Waals surface area (Å²) in [5, 5.41) is 2.79. The Morgan fingerprint density at radius 3 is 2.28 bits per heavy atom. The molecule has 6 heteroatoms. The second-order valence-corrected chi connectivity index (χ2v) is 7.24. The minimum Gasteiger partial charge on any atom is -0.483 e. The van der Waals surface area contributed by atoms with E-state index in [2.05, 4.69) is 26.1 Å². The molecular weight excluding hydrogens is 318 g/mol. The second kappa shape index (κ2) is 8.23. The summed E-state index contributed by atoms with van der Waals surface area (Å²) in [5.74, 6) is 0.712. The van der Waals surface area contributed by atoms with Crippen molar-refractivity contribution in [3.8, 4) is 5.75 Å². The molecule has 0 aliphatic carbocycles. The molecule has 1 aromatic rings. The van der Waals surface area contributed by atoms with Crippen LogP contribution in [0.25, 0.3) is 0 Å². The standard InChI is InChI=1S/C19H29N3O3/c1-5-20-18(24)22-12-10-21(11-13-22)17(23)14-25-16-9-7-6-8-15(16)19(2,3)4/h6-9H,5,10-14H2,1-4H3,(H,20,24). The van der Waals surface area contributed by atoms with E-state index in [1.165, 1.54) is 0 Å². The highest BCUT2D eigenvalue weighted by Crippen LogP contribution is 2.30. The van der Waals surface area contributed by atoms with E-state index in [1.807, 2.05) is 31.2 Å². The molecule has 0 aromatic heterocycles. The van der Waals surface area contributed by atoms with Gasteiger partial charge in [-0.25, -0.2) is 4.79 Å². The lowest BCUT2D eigenvalue weighted by Crippen LogP contribution is -2.53. The molecule has 138 valence electrons. The van der Waals surface area contributed by atoms with Crippen LogP contribution in [-0.4, -0.2) is 61.1 Å². The van der Waals surface area contributed by atoms with Gasteiger partial charge in [-0.15, -0.1) is 0 Å². The third-order valence-corrected chi connectivity index (χ3v) is 4.29. The molecule has 1 aromatic carbocycles. The van der Waals surface area contributed by atoms with Gasteiger partial charge in [-0.3, -0.25) is 4.79 Å². The summed E-state index contributed by atoms with van der Waals surface area (Å²) < 4.78 is 5.81. The lowest BCUT2D eigenvalue weighted by Gasteiger charge is -2.34. The highest BCUT2D eigenvalue weighted by Gasteiger charge is 2.25. The summed E-state index contributed by atoms with van der Waals surface area (Å²) in [6, 6.07) is 7.77. The van der Waals surface area contributed by atoms with Gasteiger partial charge in [0, 0.05) is 32.7 Å². The molecule has 0 atom stereocenters. The summed E-state index contributed by atoms with van der Waals surface area (Å²) in [5.41, 5.74) is 1.04. The number of nitrogens with one attached hydrogen (secondary N) is 1. The first-order valence-electron chi connectivity index (χ1n) is 8.85. The number of hydrogen-bond acceptors (Lipinski definition) is 3. The number of ether oxygens (including phenoxy) is 1. The van der Waals surface area contributed by atoms with Gasteiger partial charge in [-0.1, -0.05) is 39.0 Å². The first-order chi connectivity index (χ1) is 11.8. The van der Waals surface area contributed by atoms with Crippen LogP contribution in [0.3, 0.4) is 0 Å². The van der Waals surface area contributed by atoms with Gasteiger partial charge in [0.25, 0.3) is 5.91 Å². The van der Waals surface area contributed by atoms with Crippen molar-refractivity contribution in [1.82, 2.24) is 15.1 Å². The zero-order valence-corrected chi connectivity index (χ0v) is 15.7. The molecule has 1 saturated heterocycles. The summed E-state index contributed by atoms with van der Waals surface area (Å²) >= 11 is 0. The Kier molecular flexibility index (Phi) is 6.28. The highest BCUT2D eigenvalue weighted by atomic mass is 16.5. The highest BCUT2D eigenvalue weighted by molar-refractivity contribution is 5.79. The summed E-state index contributed by atoms with van der Waals surface area (Å²) in [7, 11) is 0. The van der Waals surface area contributed by atoms with Gasteiger partial charge in [0.2, 0.25) is 0 Å². The molecule has 3 amide bonds. The SMILES string of the molecule is CCNC(=O)N1CCN(C(=O)COc2ccccc2C(C)(C)C)CC1. The van der Waals surface area contributed by atoms with Crippen molar-refractivity contribution >= 4 is 11.9 Å². The monoisotopic (exact) mass is 347 g/mol. The summed E-state index contributed by atoms with van der Waals surface area (Å²) in [6.07, 6.45) is 0. The van der Waals surface area contributed by atoms with Crippen LogP contribution in [0.4, 0.5) is 4.79 Å². The van der Waals surface area contributed by atoms with E-state index >= 15 is 0 Å². The Morgan fingerprint density at radius 1 is 1.08 bits per heavy atom. The Hall–Kier alpha value is -2.24. The number of para-hydroxylation sites is 1. The van der Waals surface area contributed by atoms with Gasteiger partial charge in [0.15, 0.2) is 6.61 Å². The van der Waals surface area contributed by atoms with E-state index < -0.39 is 0 Å². The number of carbonyl (C=O) groups excluding carboxylic acids is 2. The van der Waals surface area contributed by atoms with Crippen LogP contribution in [-0.2, 0) is 10.2 Å². The molecule has 0 saturated carbocycles. The van der Waals surface area contributed by atoms with E-state index in [9.17, 15) is 9.59 Å². The molecule has 0 unspecified atom stereocenters. The number of piperazine rings is 1. The van der Waals surface area contributed by atoms with E-state index in [1.54, 1.807) is 9.80 Å². The van der Waals surface area contributed by atoms with Gasteiger partial charge < -0.3 is 19.9 Å². The third kappa shape index (κ3) is 5.11. The molecule has 1 fully saturated rings. The third-order valence-electron chi connectivity index (χ3n) is 4.29. The molecule has 0 bridgehead atoms. The maximum absolute atomic E-state index is 12.4. The van der Waals surface area contributed by atoms with Gasteiger partial charge in [-0.05, 0) is 24.0 Å². The lowest BCUT2D eigenvalue weighted by atomic mass is 9.86. The summed E-state index contributed by atoms with van der Waals surface area (Å²) in [6.45, 7) is 11.1. The van der Waals surface area contributed by atoms with Crippen molar-refractivity contribution < 1.29 is 14.3 Å². The second-order valence-electron chi connectivity index (χ2n) is 7.24. The van der Waals surface area contributed by atoms with Crippen LogP contribution >= 0.6 is 0 Å². The predicted octanol–water partition coefficient (Wildman–Crippen LogP) is 2.24. The smallest absolute Gasteiger partial charge is 0.317 e. The number of nitrogens with zero attached hydrogens (tertiary/aromatic N) is 2. The van der Waals surface area contributed by atoms with Gasteiger partial charge >= 0.3 is 6.03 Å². The van der Waals surface area contributed by atoms with E-state index in [0.717, 1.165) is 11.3 Å². The maximum atomic E-state index is 12.4. The van der Waals surface area contributed by atoms with Crippen molar-refractivity contribution in [2.75, 3.05) is 39.3 Å². The minimum absolute atomic E-state index is 0.0221. The fourth-order valence-corrected chi connectivity index (χ4v) is 2.86. The Labute approximate surface area is 150 Å². The van der Waals surface area contributed by atoms with Crippen molar-refractivity contribution in [2.45, 2.75) is 33.1 Å². The molecule has 1 N–H and O–H groups in total. The minimum atomic E-state index is -0.0649. The fourth-order valence-electron chi connectivity index (χ4n) is 2.86. The average molecular weight is 347 g/mol. The molecule has 0 radical (unpaired) electrons. The molecule has 1 aliphatic heterocycles. The van der Waals surface area contributed by atoms with E-state index in [-0.39, 0.29) is 24.0 Å². The summed E-state index contributed by atoms with van der Waals surface area (Å²) in [4.78, 5) is 27.7. The molecule has 1 aliphatic rings. The zero-order chi connectivity index (χ0) is 18.4. The van der Waals surface area contributed by atoms with Crippen LogP contribution < -0.4 is 10.1 Å². The number of carbonyl (C=O) groups is 2. The van der Waals surface area contributed by atoms with Crippen LogP contribution in [0.2, 0.25) is 0 Å². The number of benzene rings is 1. The predicted molar refractivity (Wildman–Crippen MR) is 97.9 cm³/mol. The van der Waals surface area contributed by atoms with Crippen molar-refractivity contribution in [3.63, 3.8) is 0 Å². The number of urea groups is 1. The quantitative estimate of drug-likeness (QED) is 0.909. The first-order valence-corrected chi connectivity index (χ1v) is 8.85. The van der Waals surface area contributed by atoms with Crippen LogP contribution in [0.5, 0.6) is 5.75 Å². The van der Waals surface area contributed by atoms with E-state index in [4.69, 9.17) is 4.74 Å². The molecule has 6 nitrogen and oxygen atoms in total. The topological polar surface area (TPSA) is 61.9 Å². The van der Waals surface area contributed by atoms with Crippen LogP contribution in [0, 0.1) is 0 Å². The molecule has 0 spiro atoms. The van der Waals surface area contributed by atoms with Gasteiger partial charge in [0.1, 0.15) is 5.75 Å². The Morgan fingerprint density at radius 2 is 1.68 bits per heavy atom. The van der Waals surface area contributed by atoms with Crippen LogP contribution in [0.15, 0.2) is 24.3 Å². The van der Waals surface area contributed by atoms with Crippen molar-refractivity contribution in [3.05, 3.63) is 29.8 Å². The molecule has 2 rings (SSSR count). The van der Waals surface area contributed by atoms with Gasteiger partial charge in [-0.2, -0.15) is 0 Å². The van der Waals surface area contributed by atoms with E-state index in [0.29, 0.717) is 32.7 Å². The van der Waals surface area contributed by atoms with Gasteiger partial charge in [0.05, 0.1) is 0 Å². The molecule has 1 heterocycles. The lowest BCUT2D eigenvalue weighted by molar-refractivity contribution is -0.134. The normalized spacial score (nSPS) is 15.0. The molecule has 25 heavy (non-hydrogen) atoms. The van der Waals surface area contributed by atoms with Crippen LogP contribution in [0.1, 0.15) is 33.3 Å². The average Bonchev–Trinajstić information content (AvgIpc) is 2.59. The fraction of sp³-hybridized carbons (Fsp3) is 0.579. The van der Waals surface area contributed by atoms with Crippen molar-refractivity contribution in [1.29, 1.82) is 0 Å². The molecular formula is C19H29N3O3.